The maximum absolute atomic E-state index is 12.0. The van der Waals surface area contributed by atoms with E-state index >= 15 is 0 Å². The zero-order valence-electron chi connectivity index (χ0n) is 14.6. The second-order valence-corrected chi connectivity index (χ2v) is 7.26. The number of carbonyl (C=O) groups excluding carboxylic acids is 2. The number of benzene rings is 1. The highest BCUT2D eigenvalue weighted by Gasteiger charge is 2.32. The molecule has 1 saturated heterocycles. The summed E-state index contributed by atoms with van der Waals surface area (Å²) in [4.78, 5) is 25.1. The van der Waals surface area contributed by atoms with E-state index in [1.165, 1.54) is 11.1 Å². The normalized spacial score (nSPS) is 15.2. The fraction of sp³-hybridized carbons (Fsp3) is 0.579. The lowest BCUT2D eigenvalue weighted by atomic mass is 9.80. The van der Waals surface area contributed by atoms with Crippen LogP contribution in [-0.2, 0) is 26.2 Å². The van der Waals surface area contributed by atoms with Crippen LogP contribution in [0.1, 0.15) is 45.2 Å². The first-order chi connectivity index (χ1) is 10.8. The van der Waals surface area contributed by atoms with Crippen molar-refractivity contribution in [1.29, 1.82) is 0 Å². The Labute approximate surface area is 138 Å². The zero-order chi connectivity index (χ0) is 17.0. The van der Waals surface area contributed by atoms with Crippen molar-refractivity contribution in [3.05, 3.63) is 35.4 Å². The molecule has 0 N–H and O–H groups in total. The molecule has 0 atom stereocenters. The molecule has 0 spiro atoms. The molecule has 0 aromatic heterocycles. The SMILES string of the molecule is CCOC(=O)CC(=O)N1CC(Cc2ccccc2C(C)(C)C)C1. The Kier molecular flexibility index (Phi) is 5.45. The van der Waals surface area contributed by atoms with Gasteiger partial charge in [0.05, 0.1) is 6.61 Å². The molecule has 1 aliphatic rings. The molecule has 0 unspecified atom stereocenters. The summed E-state index contributed by atoms with van der Waals surface area (Å²) in [5.41, 5.74) is 2.86. The second-order valence-electron chi connectivity index (χ2n) is 7.26. The van der Waals surface area contributed by atoms with Gasteiger partial charge >= 0.3 is 5.97 Å². The van der Waals surface area contributed by atoms with Crippen LogP contribution in [0.3, 0.4) is 0 Å². The van der Waals surface area contributed by atoms with E-state index in [2.05, 4.69) is 45.0 Å². The minimum Gasteiger partial charge on any atom is -0.466 e. The Balaban J connectivity index is 1.87. The first-order valence-corrected chi connectivity index (χ1v) is 8.33. The van der Waals surface area contributed by atoms with Crippen molar-refractivity contribution in [3.8, 4) is 0 Å². The first-order valence-electron chi connectivity index (χ1n) is 8.33. The Morgan fingerprint density at radius 3 is 2.48 bits per heavy atom. The molecule has 1 amide bonds. The number of nitrogens with zero attached hydrogens (tertiary/aromatic N) is 1. The van der Waals surface area contributed by atoms with Crippen molar-refractivity contribution in [1.82, 2.24) is 4.90 Å². The van der Waals surface area contributed by atoms with Crippen molar-refractivity contribution < 1.29 is 14.3 Å². The summed E-state index contributed by atoms with van der Waals surface area (Å²) < 4.78 is 4.82. The standard InChI is InChI=1S/C19H27NO3/c1-5-23-18(22)11-17(21)20-12-14(13-20)10-15-8-6-7-9-16(15)19(2,3)4/h6-9,14H,5,10-13H2,1-4H3. The third-order valence-electron chi connectivity index (χ3n) is 4.24. The van der Waals surface area contributed by atoms with Gasteiger partial charge in [0, 0.05) is 13.1 Å². The van der Waals surface area contributed by atoms with Crippen LogP contribution >= 0.6 is 0 Å². The van der Waals surface area contributed by atoms with Gasteiger partial charge in [-0.05, 0) is 35.8 Å². The van der Waals surface area contributed by atoms with E-state index in [1.54, 1.807) is 11.8 Å². The summed E-state index contributed by atoms with van der Waals surface area (Å²) in [5.74, 6) is -0.0764. The number of likely N-dealkylation sites (tertiary alicyclic amines) is 1. The molecular formula is C19H27NO3. The molecule has 1 fully saturated rings. The predicted octanol–water partition coefficient (Wildman–Crippen LogP) is 2.94. The molecular weight excluding hydrogens is 290 g/mol. The molecule has 1 aromatic rings. The average Bonchev–Trinajstić information content (AvgIpc) is 2.41. The van der Waals surface area contributed by atoms with E-state index < -0.39 is 5.97 Å². The minimum absolute atomic E-state index is 0.121. The van der Waals surface area contributed by atoms with Crippen molar-refractivity contribution >= 4 is 11.9 Å². The number of hydrogen-bond donors (Lipinski definition) is 0. The van der Waals surface area contributed by atoms with Crippen molar-refractivity contribution in [2.75, 3.05) is 19.7 Å². The molecule has 4 heteroatoms. The molecule has 0 aliphatic carbocycles. The van der Waals surface area contributed by atoms with Gasteiger partial charge in [0.2, 0.25) is 5.91 Å². The number of ether oxygens (including phenoxy) is 1. The van der Waals surface area contributed by atoms with Crippen LogP contribution in [-0.4, -0.2) is 36.5 Å². The molecule has 0 saturated carbocycles. The molecule has 0 bridgehead atoms. The fourth-order valence-corrected chi connectivity index (χ4v) is 3.09. The lowest BCUT2D eigenvalue weighted by Gasteiger charge is -2.40. The van der Waals surface area contributed by atoms with Crippen LogP contribution in [0.2, 0.25) is 0 Å². The minimum atomic E-state index is -0.431. The number of hydrogen-bond acceptors (Lipinski definition) is 3. The molecule has 2 rings (SSSR count). The summed E-state index contributed by atoms with van der Waals surface area (Å²) in [7, 11) is 0. The molecule has 23 heavy (non-hydrogen) atoms. The molecule has 0 radical (unpaired) electrons. The largest absolute Gasteiger partial charge is 0.466 e. The maximum atomic E-state index is 12.0. The lowest BCUT2D eigenvalue weighted by Crippen LogP contribution is -2.51. The monoisotopic (exact) mass is 317 g/mol. The van der Waals surface area contributed by atoms with Crippen LogP contribution in [0.4, 0.5) is 0 Å². The van der Waals surface area contributed by atoms with Gasteiger partial charge in [-0.3, -0.25) is 9.59 Å². The highest BCUT2D eigenvalue weighted by molar-refractivity contribution is 5.94. The first kappa shape index (κ1) is 17.5. The van der Waals surface area contributed by atoms with Gasteiger partial charge in [-0.1, -0.05) is 45.0 Å². The average molecular weight is 317 g/mol. The van der Waals surface area contributed by atoms with Gasteiger partial charge in [0.25, 0.3) is 0 Å². The van der Waals surface area contributed by atoms with Gasteiger partial charge in [0.15, 0.2) is 0 Å². The Bertz CT molecular complexity index is 568. The van der Waals surface area contributed by atoms with Gasteiger partial charge < -0.3 is 9.64 Å². The number of esters is 1. The fourth-order valence-electron chi connectivity index (χ4n) is 3.09. The van der Waals surface area contributed by atoms with Gasteiger partial charge in [0.1, 0.15) is 6.42 Å². The highest BCUT2D eigenvalue weighted by atomic mass is 16.5. The van der Waals surface area contributed by atoms with Crippen molar-refractivity contribution in [2.45, 2.75) is 46.0 Å². The van der Waals surface area contributed by atoms with E-state index in [1.807, 2.05) is 0 Å². The third-order valence-corrected chi connectivity index (χ3v) is 4.24. The van der Waals surface area contributed by atoms with Gasteiger partial charge in [-0.15, -0.1) is 0 Å². The van der Waals surface area contributed by atoms with E-state index in [4.69, 9.17) is 4.74 Å². The molecule has 1 aromatic carbocycles. The molecule has 126 valence electrons. The summed E-state index contributed by atoms with van der Waals surface area (Å²) in [6, 6.07) is 8.54. The highest BCUT2D eigenvalue weighted by Crippen LogP contribution is 2.29. The topological polar surface area (TPSA) is 46.6 Å². The van der Waals surface area contributed by atoms with Crippen molar-refractivity contribution in [2.24, 2.45) is 5.92 Å². The predicted molar refractivity (Wildman–Crippen MR) is 90.2 cm³/mol. The van der Waals surface area contributed by atoms with E-state index in [9.17, 15) is 9.59 Å². The Morgan fingerprint density at radius 1 is 1.22 bits per heavy atom. The van der Waals surface area contributed by atoms with Crippen LogP contribution in [0, 0.1) is 5.92 Å². The van der Waals surface area contributed by atoms with Crippen LogP contribution in [0.25, 0.3) is 0 Å². The zero-order valence-corrected chi connectivity index (χ0v) is 14.6. The van der Waals surface area contributed by atoms with Crippen molar-refractivity contribution in [3.63, 3.8) is 0 Å². The van der Waals surface area contributed by atoms with Crippen LogP contribution in [0.5, 0.6) is 0 Å². The molecule has 4 nitrogen and oxygen atoms in total. The van der Waals surface area contributed by atoms with E-state index in [0.29, 0.717) is 12.5 Å². The Morgan fingerprint density at radius 2 is 1.87 bits per heavy atom. The quantitative estimate of drug-likeness (QED) is 0.619. The Hall–Kier alpha value is -1.84. The van der Waals surface area contributed by atoms with Crippen LogP contribution in [0.15, 0.2) is 24.3 Å². The third kappa shape index (κ3) is 4.57. The van der Waals surface area contributed by atoms with Crippen LogP contribution < -0.4 is 0 Å². The summed E-state index contributed by atoms with van der Waals surface area (Å²) in [6.07, 6.45) is 0.843. The van der Waals surface area contributed by atoms with Gasteiger partial charge in [-0.25, -0.2) is 0 Å². The lowest BCUT2D eigenvalue weighted by molar-refractivity contribution is -0.151. The summed E-state index contributed by atoms with van der Waals surface area (Å²) in [5, 5.41) is 0. The number of amides is 1. The van der Waals surface area contributed by atoms with E-state index in [-0.39, 0.29) is 17.7 Å². The molecule has 1 aliphatic heterocycles. The summed E-state index contributed by atoms with van der Waals surface area (Å²) in [6.45, 7) is 10.2. The van der Waals surface area contributed by atoms with Gasteiger partial charge in [-0.2, -0.15) is 0 Å². The maximum Gasteiger partial charge on any atom is 0.315 e. The smallest absolute Gasteiger partial charge is 0.315 e. The van der Waals surface area contributed by atoms with E-state index in [0.717, 1.165) is 19.5 Å². The number of carbonyl (C=O) groups is 2. The second kappa shape index (κ2) is 7.16. The molecule has 1 heterocycles. The number of rotatable bonds is 5. The summed E-state index contributed by atoms with van der Waals surface area (Å²) >= 11 is 0.